The van der Waals surface area contributed by atoms with Gasteiger partial charge in [0.25, 0.3) is 0 Å². The first kappa shape index (κ1) is 18.3. The van der Waals surface area contributed by atoms with Gasteiger partial charge in [0.15, 0.2) is 11.5 Å². The number of fused-ring (bicyclic) bond motifs is 1. The molecule has 0 spiro atoms. The summed E-state index contributed by atoms with van der Waals surface area (Å²) in [4.78, 5) is 14.5. The second-order valence-corrected chi connectivity index (χ2v) is 8.22. The fraction of sp³-hybridized carbons (Fsp3) is 0.350. The quantitative estimate of drug-likeness (QED) is 0.820. The summed E-state index contributed by atoms with van der Waals surface area (Å²) < 4.78 is 10.7. The lowest BCUT2D eigenvalue weighted by Gasteiger charge is -2.21. The van der Waals surface area contributed by atoms with Crippen LogP contribution in [0, 0.1) is 0 Å². The first-order valence-corrected chi connectivity index (χ1v) is 10.4. The molecule has 2 amide bonds. The SMILES string of the molecule is O=C(NCc1ccc2c(c1)OCO2)N1CCSC(c2ccccc2Cl)CC1. The minimum atomic E-state index is -0.0342. The van der Waals surface area contributed by atoms with E-state index in [1.807, 2.05) is 53.1 Å². The Bertz CT molecular complexity index is 833. The van der Waals surface area contributed by atoms with Gasteiger partial charge in [0, 0.05) is 35.7 Å². The summed E-state index contributed by atoms with van der Waals surface area (Å²) in [7, 11) is 0. The highest BCUT2D eigenvalue weighted by Gasteiger charge is 2.23. The van der Waals surface area contributed by atoms with Crippen molar-refractivity contribution in [3.05, 3.63) is 58.6 Å². The minimum Gasteiger partial charge on any atom is -0.454 e. The van der Waals surface area contributed by atoms with E-state index >= 15 is 0 Å². The molecule has 2 aromatic carbocycles. The third-order valence-corrected chi connectivity index (χ3v) is 6.42. The molecule has 0 bridgehead atoms. The lowest BCUT2D eigenvalue weighted by atomic mass is 10.1. The van der Waals surface area contributed by atoms with E-state index in [0.29, 0.717) is 11.8 Å². The molecule has 0 radical (unpaired) electrons. The van der Waals surface area contributed by atoms with E-state index in [0.717, 1.165) is 52.9 Å². The largest absolute Gasteiger partial charge is 0.454 e. The van der Waals surface area contributed by atoms with Crippen molar-refractivity contribution in [2.45, 2.75) is 18.2 Å². The van der Waals surface area contributed by atoms with Gasteiger partial charge in [0.1, 0.15) is 0 Å². The topological polar surface area (TPSA) is 50.8 Å². The summed E-state index contributed by atoms with van der Waals surface area (Å²) in [5.41, 5.74) is 2.15. The number of carbonyl (C=O) groups is 1. The highest BCUT2D eigenvalue weighted by atomic mass is 35.5. The number of hydrogen-bond acceptors (Lipinski definition) is 4. The van der Waals surface area contributed by atoms with Crippen molar-refractivity contribution in [2.75, 3.05) is 25.6 Å². The number of amides is 2. The smallest absolute Gasteiger partial charge is 0.317 e. The van der Waals surface area contributed by atoms with Crippen LogP contribution in [0.2, 0.25) is 5.02 Å². The van der Waals surface area contributed by atoms with E-state index in [9.17, 15) is 4.79 Å². The first-order valence-electron chi connectivity index (χ1n) is 8.98. The zero-order chi connectivity index (χ0) is 18.6. The van der Waals surface area contributed by atoms with Gasteiger partial charge in [-0.1, -0.05) is 35.9 Å². The predicted molar refractivity (Wildman–Crippen MR) is 108 cm³/mol. The molecule has 1 fully saturated rings. The van der Waals surface area contributed by atoms with Crippen LogP contribution in [0.3, 0.4) is 0 Å². The van der Waals surface area contributed by atoms with E-state index in [1.54, 1.807) is 0 Å². The maximum atomic E-state index is 12.6. The molecule has 1 atom stereocenters. The molecular formula is C20H21ClN2O3S. The van der Waals surface area contributed by atoms with Crippen LogP contribution >= 0.6 is 23.4 Å². The van der Waals surface area contributed by atoms with Gasteiger partial charge in [-0.3, -0.25) is 0 Å². The van der Waals surface area contributed by atoms with Crippen molar-refractivity contribution in [2.24, 2.45) is 0 Å². The normalized spacial score (nSPS) is 18.9. The molecule has 2 heterocycles. The maximum absolute atomic E-state index is 12.6. The Balaban J connectivity index is 1.32. The molecule has 0 saturated carbocycles. The van der Waals surface area contributed by atoms with Gasteiger partial charge in [-0.2, -0.15) is 11.8 Å². The highest BCUT2D eigenvalue weighted by molar-refractivity contribution is 7.99. The Hall–Kier alpha value is -2.05. The molecule has 142 valence electrons. The maximum Gasteiger partial charge on any atom is 0.317 e. The van der Waals surface area contributed by atoms with Crippen molar-refractivity contribution >= 4 is 29.4 Å². The van der Waals surface area contributed by atoms with E-state index < -0.39 is 0 Å². The van der Waals surface area contributed by atoms with Crippen LogP contribution in [-0.4, -0.2) is 36.6 Å². The Morgan fingerprint density at radius 3 is 2.93 bits per heavy atom. The Morgan fingerprint density at radius 1 is 1.19 bits per heavy atom. The van der Waals surface area contributed by atoms with Gasteiger partial charge in [0.05, 0.1) is 0 Å². The lowest BCUT2D eigenvalue weighted by molar-refractivity contribution is 0.174. The third-order valence-electron chi connectivity index (χ3n) is 4.76. The number of urea groups is 1. The number of nitrogens with one attached hydrogen (secondary N) is 1. The van der Waals surface area contributed by atoms with Gasteiger partial charge in [-0.25, -0.2) is 4.79 Å². The van der Waals surface area contributed by atoms with E-state index in [-0.39, 0.29) is 12.8 Å². The number of thioether (sulfide) groups is 1. The van der Waals surface area contributed by atoms with Crippen LogP contribution in [-0.2, 0) is 6.54 Å². The Labute approximate surface area is 168 Å². The summed E-state index contributed by atoms with van der Waals surface area (Å²) in [5.74, 6) is 2.38. The molecule has 0 aromatic heterocycles. The molecule has 1 saturated heterocycles. The lowest BCUT2D eigenvalue weighted by Crippen LogP contribution is -2.40. The number of ether oxygens (including phenoxy) is 2. The molecule has 1 unspecified atom stereocenters. The van der Waals surface area contributed by atoms with Gasteiger partial charge in [-0.05, 0) is 35.7 Å². The van der Waals surface area contributed by atoms with Crippen molar-refractivity contribution in [3.8, 4) is 11.5 Å². The second-order valence-electron chi connectivity index (χ2n) is 6.50. The molecule has 2 aliphatic heterocycles. The minimum absolute atomic E-state index is 0.0342. The van der Waals surface area contributed by atoms with Crippen LogP contribution in [0.5, 0.6) is 11.5 Å². The number of rotatable bonds is 3. The van der Waals surface area contributed by atoms with E-state index in [4.69, 9.17) is 21.1 Å². The van der Waals surface area contributed by atoms with Crippen LogP contribution in [0.15, 0.2) is 42.5 Å². The second kappa shape index (κ2) is 8.31. The summed E-state index contributed by atoms with van der Waals surface area (Å²) in [5, 5.41) is 4.13. The standard InChI is InChI=1S/C20H21ClN2O3S/c21-16-4-2-1-3-15(16)19-7-8-23(9-10-27-19)20(24)22-12-14-5-6-17-18(11-14)26-13-25-17/h1-6,11,19H,7-10,12-13H2,(H,22,24). The third kappa shape index (κ3) is 4.28. The summed E-state index contributed by atoms with van der Waals surface area (Å²) in [6.45, 7) is 2.17. The van der Waals surface area contributed by atoms with Crippen molar-refractivity contribution in [1.29, 1.82) is 0 Å². The number of hydrogen-bond donors (Lipinski definition) is 1. The average molecular weight is 405 g/mol. The highest BCUT2D eigenvalue weighted by Crippen LogP contribution is 2.37. The zero-order valence-corrected chi connectivity index (χ0v) is 16.4. The van der Waals surface area contributed by atoms with Gasteiger partial charge in [0.2, 0.25) is 6.79 Å². The van der Waals surface area contributed by atoms with Gasteiger partial charge in [-0.15, -0.1) is 0 Å². The van der Waals surface area contributed by atoms with Crippen molar-refractivity contribution in [3.63, 3.8) is 0 Å². The number of halogens is 1. The number of benzene rings is 2. The Morgan fingerprint density at radius 2 is 2.04 bits per heavy atom. The molecule has 27 heavy (non-hydrogen) atoms. The van der Waals surface area contributed by atoms with E-state index in [2.05, 4.69) is 11.4 Å². The molecule has 2 aromatic rings. The average Bonchev–Trinajstić information content (AvgIpc) is 3.01. The Kier molecular flexibility index (Phi) is 5.64. The number of carbonyl (C=O) groups excluding carboxylic acids is 1. The fourth-order valence-electron chi connectivity index (χ4n) is 3.30. The van der Waals surface area contributed by atoms with Gasteiger partial charge < -0.3 is 19.7 Å². The summed E-state index contributed by atoms with van der Waals surface area (Å²) in [6, 6.07) is 13.7. The van der Waals surface area contributed by atoms with Crippen LogP contribution in [0.1, 0.15) is 22.8 Å². The molecule has 0 aliphatic carbocycles. The molecule has 1 N–H and O–H groups in total. The fourth-order valence-corrected chi connectivity index (χ4v) is 4.90. The van der Waals surface area contributed by atoms with E-state index in [1.165, 1.54) is 0 Å². The van der Waals surface area contributed by atoms with Crippen molar-refractivity contribution < 1.29 is 14.3 Å². The molecular weight excluding hydrogens is 384 g/mol. The van der Waals surface area contributed by atoms with Crippen LogP contribution < -0.4 is 14.8 Å². The zero-order valence-electron chi connectivity index (χ0n) is 14.8. The van der Waals surface area contributed by atoms with Gasteiger partial charge >= 0.3 is 6.03 Å². The van der Waals surface area contributed by atoms with Crippen molar-refractivity contribution in [1.82, 2.24) is 10.2 Å². The summed E-state index contributed by atoms with van der Waals surface area (Å²) >= 11 is 8.21. The van der Waals surface area contributed by atoms with Crippen LogP contribution in [0.25, 0.3) is 0 Å². The molecule has 4 rings (SSSR count). The van der Waals surface area contributed by atoms with Crippen LogP contribution in [0.4, 0.5) is 4.79 Å². The molecule has 7 heteroatoms. The molecule has 2 aliphatic rings. The molecule has 5 nitrogen and oxygen atoms in total. The predicted octanol–water partition coefficient (Wildman–Crippen LogP) is 4.46. The summed E-state index contributed by atoms with van der Waals surface area (Å²) in [6.07, 6.45) is 0.895. The monoisotopic (exact) mass is 404 g/mol. The first-order chi connectivity index (χ1) is 13.2. The number of nitrogens with zero attached hydrogens (tertiary/aromatic N) is 1.